The third-order valence-corrected chi connectivity index (χ3v) is 2.48. The zero-order valence-corrected chi connectivity index (χ0v) is 11.1. The number of carbonyl (C=O) groups is 2. The van der Waals surface area contributed by atoms with E-state index in [1.54, 1.807) is 20.0 Å². The van der Waals surface area contributed by atoms with Gasteiger partial charge in [0.05, 0.1) is 13.0 Å². The molecule has 1 aromatic rings. The van der Waals surface area contributed by atoms with Gasteiger partial charge in [0.15, 0.2) is 0 Å². The first-order valence-electron chi connectivity index (χ1n) is 5.57. The fourth-order valence-electron chi connectivity index (χ4n) is 1.31. The van der Waals surface area contributed by atoms with Crippen molar-refractivity contribution >= 4 is 23.5 Å². The summed E-state index contributed by atoms with van der Waals surface area (Å²) < 4.78 is 4.78. The monoisotopic (exact) mass is 270 g/mol. The summed E-state index contributed by atoms with van der Waals surface area (Å²) in [7, 11) is 1.60. The van der Waals surface area contributed by atoms with E-state index >= 15 is 0 Å². The molecule has 18 heavy (non-hydrogen) atoms. The molecule has 0 aliphatic heterocycles. The van der Waals surface area contributed by atoms with Crippen LogP contribution in [0.25, 0.3) is 0 Å². The summed E-state index contributed by atoms with van der Waals surface area (Å²) in [6.07, 6.45) is 1.63. The molecule has 0 aliphatic carbocycles. The lowest BCUT2D eigenvalue weighted by atomic mass is 10.3. The minimum absolute atomic E-state index is 0.163. The van der Waals surface area contributed by atoms with Gasteiger partial charge in [0, 0.05) is 24.8 Å². The van der Waals surface area contributed by atoms with Crippen LogP contribution in [0.15, 0.2) is 18.3 Å². The Hall–Kier alpha value is -1.62. The molecule has 5 nitrogen and oxygen atoms in total. The summed E-state index contributed by atoms with van der Waals surface area (Å²) in [6.45, 7) is 2.36. The summed E-state index contributed by atoms with van der Waals surface area (Å²) in [5, 5.41) is 0.451. The van der Waals surface area contributed by atoms with E-state index in [4.69, 9.17) is 16.3 Å². The van der Waals surface area contributed by atoms with Gasteiger partial charge in [0.2, 0.25) is 0 Å². The topological polar surface area (TPSA) is 59.5 Å². The molecular formula is C12H15ClN2O3. The molecule has 0 fully saturated rings. The SMILES string of the molecule is CCOC(=O)CCN(C)C(=O)c1cc(Cl)ccn1. The minimum Gasteiger partial charge on any atom is -0.466 e. The number of nitrogens with zero attached hydrogens (tertiary/aromatic N) is 2. The molecule has 1 rings (SSSR count). The number of hydrogen-bond donors (Lipinski definition) is 0. The molecule has 0 saturated carbocycles. The zero-order chi connectivity index (χ0) is 13.5. The van der Waals surface area contributed by atoms with E-state index in [9.17, 15) is 9.59 Å². The van der Waals surface area contributed by atoms with Gasteiger partial charge in [-0.1, -0.05) is 11.6 Å². The van der Waals surface area contributed by atoms with Crippen LogP contribution in [0.5, 0.6) is 0 Å². The molecule has 0 unspecified atom stereocenters. The van der Waals surface area contributed by atoms with Crippen molar-refractivity contribution in [3.8, 4) is 0 Å². The molecule has 1 heterocycles. The number of ether oxygens (including phenoxy) is 1. The number of rotatable bonds is 5. The molecule has 0 atom stereocenters. The molecule has 98 valence electrons. The molecule has 1 aromatic heterocycles. The molecule has 0 spiro atoms. The third kappa shape index (κ3) is 4.33. The number of hydrogen-bond acceptors (Lipinski definition) is 4. The smallest absolute Gasteiger partial charge is 0.307 e. The van der Waals surface area contributed by atoms with Crippen LogP contribution in [-0.4, -0.2) is 42.0 Å². The van der Waals surface area contributed by atoms with Crippen LogP contribution in [0.3, 0.4) is 0 Å². The van der Waals surface area contributed by atoms with Gasteiger partial charge in [0.1, 0.15) is 5.69 Å². The van der Waals surface area contributed by atoms with Gasteiger partial charge in [-0.25, -0.2) is 0 Å². The van der Waals surface area contributed by atoms with Crippen molar-refractivity contribution in [3.05, 3.63) is 29.0 Å². The van der Waals surface area contributed by atoms with Gasteiger partial charge in [-0.3, -0.25) is 14.6 Å². The van der Waals surface area contributed by atoms with Crippen LogP contribution < -0.4 is 0 Å². The van der Waals surface area contributed by atoms with E-state index in [2.05, 4.69) is 4.98 Å². The fourth-order valence-corrected chi connectivity index (χ4v) is 1.47. The average molecular weight is 271 g/mol. The van der Waals surface area contributed by atoms with Gasteiger partial charge in [0.25, 0.3) is 5.91 Å². The van der Waals surface area contributed by atoms with E-state index in [1.807, 2.05) is 0 Å². The van der Waals surface area contributed by atoms with Crippen molar-refractivity contribution in [2.45, 2.75) is 13.3 Å². The summed E-state index contributed by atoms with van der Waals surface area (Å²) in [4.78, 5) is 28.4. The van der Waals surface area contributed by atoms with Crippen LogP contribution >= 0.6 is 11.6 Å². The molecule has 0 aromatic carbocycles. The van der Waals surface area contributed by atoms with Crippen LogP contribution in [-0.2, 0) is 9.53 Å². The first-order valence-corrected chi connectivity index (χ1v) is 5.95. The Morgan fingerprint density at radius 3 is 2.83 bits per heavy atom. The van der Waals surface area contributed by atoms with E-state index in [1.165, 1.54) is 17.2 Å². The number of aromatic nitrogens is 1. The first kappa shape index (κ1) is 14.4. The van der Waals surface area contributed by atoms with Crippen molar-refractivity contribution in [2.75, 3.05) is 20.2 Å². The Labute approximate surface area is 111 Å². The lowest BCUT2D eigenvalue weighted by molar-refractivity contribution is -0.143. The molecule has 0 radical (unpaired) electrons. The summed E-state index contributed by atoms with van der Waals surface area (Å²) >= 11 is 5.78. The maximum absolute atomic E-state index is 11.9. The standard InChI is InChI=1S/C12H15ClN2O3/c1-3-18-11(16)5-7-15(2)12(17)10-8-9(13)4-6-14-10/h4,6,8H,3,5,7H2,1-2H3. The van der Waals surface area contributed by atoms with E-state index < -0.39 is 0 Å². The van der Waals surface area contributed by atoms with Crippen molar-refractivity contribution in [1.82, 2.24) is 9.88 Å². The van der Waals surface area contributed by atoms with Crippen LogP contribution in [0.4, 0.5) is 0 Å². The van der Waals surface area contributed by atoms with Crippen molar-refractivity contribution in [3.63, 3.8) is 0 Å². The summed E-state index contributed by atoms with van der Waals surface area (Å²) in [5.41, 5.74) is 0.258. The lowest BCUT2D eigenvalue weighted by Crippen LogP contribution is -2.30. The Kier molecular flexibility index (Phi) is 5.58. The lowest BCUT2D eigenvalue weighted by Gasteiger charge is -2.16. The van der Waals surface area contributed by atoms with Crippen molar-refractivity contribution < 1.29 is 14.3 Å². The minimum atomic E-state index is -0.323. The number of amides is 1. The van der Waals surface area contributed by atoms with Gasteiger partial charge in [-0.05, 0) is 19.1 Å². The van der Waals surface area contributed by atoms with E-state index in [0.29, 0.717) is 11.6 Å². The maximum atomic E-state index is 11.9. The number of pyridine rings is 1. The van der Waals surface area contributed by atoms with Crippen molar-refractivity contribution in [2.24, 2.45) is 0 Å². The molecule has 1 amide bonds. The highest BCUT2D eigenvalue weighted by atomic mass is 35.5. The van der Waals surface area contributed by atoms with Crippen LogP contribution in [0.2, 0.25) is 5.02 Å². The van der Waals surface area contributed by atoms with Gasteiger partial charge < -0.3 is 9.64 Å². The van der Waals surface area contributed by atoms with Crippen LogP contribution in [0.1, 0.15) is 23.8 Å². The third-order valence-electron chi connectivity index (χ3n) is 2.24. The predicted octanol–water partition coefficient (Wildman–Crippen LogP) is 1.76. The van der Waals surface area contributed by atoms with Crippen LogP contribution in [0, 0.1) is 0 Å². The summed E-state index contributed by atoms with van der Waals surface area (Å²) in [6, 6.07) is 3.09. The Balaban J connectivity index is 2.54. The first-order chi connectivity index (χ1) is 8.54. The second-order valence-corrected chi connectivity index (χ2v) is 4.08. The predicted molar refractivity (Wildman–Crippen MR) is 67.5 cm³/mol. The highest BCUT2D eigenvalue weighted by molar-refractivity contribution is 6.30. The molecule has 0 bridgehead atoms. The molecule has 0 saturated heterocycles. The van der Waals surface area contributed by atoms with Gasteiger partial charge in [-0.2, -0.15) is 0 Å². The molecule has 0 N–H and O–H groups in total. The number of halogens is 1. The molecular weight excluding hydrogens is 256 g/mol. The van der Waals surface area contributed by atoms with Crippen molar-refractivity contribution in [1.29, 1.82) is 0 Å². The van der Waals surface area contributed by atoms with E-state index in [-0.39, 0.29) is 30.5 Å². The van der Waals surface area contributed by atoms with E-state index in [0.717, 1.165) is 0 Å². The maximum Gasteiger partial charge on any atom is 0.307 e. The largest absolute Gasteiger partial charge is 0.466 e. The number of esters is 1. The quantitative estimate of drug-likeness (QED) is 0.765. The summed E-state index contributed by atoms with van der Waals surface area (Å²) in [5.74, 6) is -0.599. The zero-order valence-electron chi connectivity index (χ0n) is 10.4. The number of carbonyl (C=O) groups excluding carboxylic acids is 2. The second kappa shape index (κ2) is 6.96. The second-order valence-electron chi connectivity index (χ2n) is 3.64. The Bertz CT molecular complexity index is 437. The molecule has 0 aliphatic rings. The highest BCUT2D eigenvalue weighted by Gasteiger charge is 2.14. The van der Waals surface area contributed by atoms with Gasteiger partial charge >= 0.3 is 5.97 Å². The normalized spacial score (nSPS) is 9.94. The molecule has 6 heteroatoms. The highest BCUT2D eigenvalue weighted by Crippen LogP contribution is 2.09. The average Bonchev–Trinajstić information content (AvgIpc) is 2.35. The van der Waals surface area contributed by atoms with Gasteiger partial charge in [-0.15, -0.1) is 0 Å². The Morgan fingerprint density at radius 1 is 1.50 bits per heavy atom. The fraction of sp³-hybridized carbons (Fsp3) is 0.417. The Morgan fingerprint density at radius 2 is 2.22 bits per heavy atom.